The first kappa shape index (κ1) is 11.3. The van der Waals surface area contributed by atoms with E-state index in [0.29, 0.717) is 18.2 Å². The molecule has 0 radical (unpaired) electrons. The minimum atomic E-state index is 0.280. The normalized spacial score (nSPS) is 10.4. The molecule has 0 N–H and O–H groups in total. The van der Waals surface area contributed by atoms with Crippen molar-refractivity contribution in [2.45, 2.75) is 6.61 Å². The molecule has 1 heterocycles. The molecular weight excluding hydrogens is 248 g/mol. The van der Waals surface area contributed by atoms with Gasteiger partial charge >= 0.3 is 0 Å². The maximum Gasteiger partial charge on any atom is 0.270 e. The Labute approximate surface area is 102 Å². The summed E-state index contributed by atoms with van der Waals surface area (Å²) in [7, 11) is 1.65. The third-order valence-corrected chi connectivity index (χ3v) is 2.70. The quantitative estimate of drug-likeness (QED) is 0.843. The first-order valence-corrected chi connectivity index (χ1v) is 5.64. The summed E-state index contributed by atoms with van der Waals surface area (Å²) < 4.78 is 18.3. The molecule has 0 bridgehead atoms. The molecular formula is C10H9ClN2O2S. The molecule has 1 aromatic carbocycles. The van der Waals surface area contributed by atoms with E-state index in [0.717, 1.165) is 17.3 Å². The lowest BCUT2D eigenvalue weighted by molar-refractivity contribution is 0.184. The predicted molar refractivity (Wildman–Crippen MR) is 62.1 cm³/mol. The Morgan fingerprint density at radius 2 is 2.25 bits per heavy atom. The molecule has 0 spiro atoms. The number of rotatable bonds is 4. The molecule has 0 atom stereocenters. The fraction of sp³-hybridized carbons (Fsp3) is 0.200. The molecule has 1 aromatic heterocycles. The number of methoxy groups -OCH3 is 1. The molecule has 0 saturated carbocycles. The average molecular weight is 257 g/mol. The fourth-order valence-electron chi connectivity index (χ4n) is 1.21. The van der Waals surface area contributed by atoms with E-state index >= 15 is 0 Å². The van der Waals surface area contributed by atoms with Crippen LogP contribution < -0.4 is 4.74 Å². The van der Waals surface area contributed by atoms with Gasteiger partial charge in [-0.3, -0.25) is 0 Å². The number of aromatic nitrogens is 2. The van der Waals surface area contributed by atoms with E-state index in [-0.39, 0.29) is 5.15 Å². The number of halogens is 1. The molecule has 84 valence electrons. The molecule has 0 saturated heterocycles. The zero-order valence-corrected chi connectivity index (χ0v) is 10.1. The number of benzene rings is 1. The minimum absolute atomic E-state index is 0.280. The molecule has 0 aliphatic carbocycles. The van der Waals surface area contributed by atoms with Gasteiger partial charge in [-0.05, 0) is 17.7 Å². The van der Waals surface area contributed by atoms with Crippen LogP contribution in [0.2, 0.25) is 5.15 Å². The zero-order chi connectivity index (χ0) is 11.4. The van der Waals surface area contributed by atoms with Gasteiger partial charge < -0.3 is 9.47 Å². The van der Waals surface area contributed by atoms with E-state index in [1.807, 2.05) is 24.3 Å². The highest BCUT2D eigenvalue weighted by Crippen LogP contribution is 2.27. The third kappa shape index (κ3) is 2.69. The van der Waals surface area contributed by atoms with Crippen molar-refractivity contribution in [2.24, 2.45) is 0 Å². The maximum atomic E-state index is 5.78. The molecule has 0 fully saturated rings. The molecule has 0 aliphatic heterocycles. The van der Waals surface area contributed by atoms with Gasteiger partial charge in [0, 0.05) is 7.11 Å². The number of nitrogens with zero attached hydrogens (tertiary/aromatic N) is 2. The summed E-state index contributed by atoms with van der Waals surface area (Å²) in [6.07, 6.45) is 0. The molecule has 0 aliphatic rings. The van der Waals surface area contributed by atoms with Crippen LogP contribution in [0.4, 0.5) is 0 Å². The van der Waals surface area contributed by atoms with Crippen LogP contribution in [0.1, 0.15) is 5.56 Å². The molecule has 2 rings (SSSR count). The van der Waals surface area contributed by atoms with E-state index in [2.05, 4.69) is 8.75 Å². The highest BCUT2D eigenvalue weighted by Gasteiger charge is 2.07. The summed E-state index contributed by atoms with van der Waals surface area (Å²) in [5.74, 6) is 1.00. The van der Waals surface area contributed by atoms with Crippen LogP contribution in [-0.2, 0) is 11.3 Å². The summed E-state index contributed by atoms with van der Waals surface area (Å²) in [6.45, 7) is 0.542. The lowest BCUT2D eigenvalue weighted by Gasteiger charge is -2.04. The highest BCUT2D eigenvalue weighted by atomic mass is 35.5. The molecule has 0 unspecified atom stereocenters. The molecule has 6 heteroatoms. The van der Waals surface area contributed by atoms with E-state index in [1.54, 1.807) is 7.11 Å². The topological polar surface area (TPSA) is 44.2 Å². The summed E-state index contributed by atoms with van der Waals surface area (Å²) in [5, 5.41) is 0.280. The van der Waals surface area contributed by atoms with Gasteiger partial charge in [-0.1, -0.05) is 23.7 Å². The first-order valence-electron chi connectivity index (χ1n) is 4.53. The molecule has 0 amide bonds. The lowest BCUT2D eigenvalue weighted by Crippen LogP contribution is -1.89. The molecule has 16 heavy (non-hydrogen) atoms. The Hall–Kier alpha value is -1.17. The third-order valence-electron chi connectivity index (χ3n) is 1.85. The van der Waals surface area contributed by atoms with Gasteiger partial charge in [0.05, 0.1) is 18.3 Å². The first-order chi connectivity index (χ1) is 7.79. The lowest BCUT2D eigenvalue weighted by atomic mass is 10.2. The molecule has 2 aromatic rings. The zero-order valence-electron chi connectivity index (χ0n) is 8.51. The minimum Gasteiger partial charge on any atom is -0.436 e. The van der Waals surface area contributed by atoms with Crippen LogP contribution in [0.25, 0.3) is 0 Å². The van der Waals surface area contributed by atoms with Gasteiger partial charge in [-0.15, -0.1) is 4.37 Å². The maximum absolute atomic E-state index is 5.78. The van der Waals surface area contributed by atoms with Gasteiger partial charge in [0.1, 0.15) is 5.75 Å². The monoisotopic (exact) mass is 256 g/mol. The second-order valence-electron chi connectivity index (χ2n) is 3.04. The van der Waals surface area contributed by atoms with Crippen molar-refractivity contribution in [3.63, 3.8) is 0 Å². The van der Waals surface area contributed by atoms with Crippen molar-refractivity contribution in [1.82, 2.24) is 8.75 Å². The van der Waals surface area contributed by atoms with Gasteiger partial charge in [-0.25, -0.2) is 0 Å². The summed E-state index contributed by atoms with van der Waals surface area (Å²) in [6, 6.07) is 7.54. The summed E-state index contributed by atoms with van der Waals surface area (Å²) in [5.41, 5.74) is 1.03. The van der Waals surface area contributed by atoms with Gasteiger partial charge in [0.15, 0.2) is 0 Å². The van der Waals surface area contributed by atoms with Crippen molar-refractivity contribution in [1.29, 1.82) is 0 Å². The number of hydrogen-bond donors (Lipinski definition) is 0. The van der Waals surface area contributed by atoms with Gasteiger partial charge in [0.25, 0.3) is 5.88 Å². The fourth-order valence-corrected chi connectivity index (χ4v) is 1.82. The van der Waals surface area contributed by atoms with Crippen molar-refractivity contribution < 1.29 is 9.47 Å². The molecule has 4 nitrogen and oxygen atoms in total. The van der Waals surface area contributed by atoms with E-state index in [1.165, 1.54) is 0 Å². The summed E-state index contributed by atoms with van der Waals surface area (Å²) in [4.78, 5) is 0. The average Bonchev–Trinajstić information content (AvgIpc) is 2.66. The van der Waals surface area contributed by atoms with E-state index < -0.39 is 0 Å². The van der Waals surface area contributed by atoms with Crippen LogP contribution in [0.3, 0.4) is 0 Å². The van der Waals surface area contributed by atoms with E-state index in [4.69, 9.17) is 21.1 Å². The Kier molecular flexibility index (Phi) is 3.71. The van der Waals surface area contributed by atoms with Crippen molar-refractivity contribution >= 4 is 23.3 Å². The van der Waals surface area contributed by atoms with Crippen LogP contribution in [-0.4, -0.2) is 15.9 Å². The second-order valence-corrected chi connectivity index (χ2v) is 3.93. The van der Waals surface area contributed by atoms with Crippen molar-refractivity contribution in [3.05, 3.63) is 35.0 Å². The van der Waals surface area contributed by atoms with Crippen LogP contribution in [0, 0.1) is 0 Å². The Balaban J connectivity index is 2.15. The van der Waals surface area contributed by atoms with Crippen LogP contribution in [0.5, 0.6) is 11.6 Å². The Bertz CT molecular complexity index is 475. The standard InChI is InChI=1S/C10H9ClN2O2S/c1-14-6-7-3-2-4-8(5-7)15-10-9(11)12-16-13-10/h2-5H,6H2,1H3. The SMILES string of the molecule is COCc1cccc(Oc2nsnc2Cl)c1. The van der Waals surface area contributed by atoms with Gasteiger partial charge in [-0.2, -0.15) is 4.37 Å². The number of ether oxygens (including phenoxy) is 2. The van der Waals surface area contributed by atoms with E-state index in [9.17, 15) is 0 Å². The summed E-state index contributed by atoms with van der Waals surface area (Å²) >= 11 is 6.80. The Morgan fingerprint density at radius 1 is 1.38 bits per heavy atom. The largest absolute Gasteiger partial charge is 0.436 e. The highest BCUT2D eigenvalue weighted by molar-refractivity contribution is 6.99. The van der Waals surface area contributed by atoms with Crippen molar-refractivity contribution in [3.8, 4) is 11.6 Å². The number of hydrogen-bond acceptors (Lipinski definition) is 5. The van der Waals surface area contributed by atoms with Crippen LogP contribution >= 0.6 is 23.3 Å². The smallest absolute Gasteiger partial charge is 0.270 e. The van der Waals surface area contributed by atoms with Gasteiger partial charge in [0.2, 0.25) is 5.15 Å². The van der Waals surface area contributed by atoms with Crippen molar-refractivity contribution in [2.75, 3.05) is 7.11 Å². The Morgan fingerprint density at radius 3 is 2.94 bits per heavy atom. The van der Waals surface area contributed by atoms with Crippen LogP contribution in [0.15, 0.2) is 24.3 Å². The predicted octanol–water partition coefficient (Wildman–Crippen LogP) is 3.13. The second kappa shape index (κ2) is 5.25.